The first-order chi connectivity index (χ1) is 16.4. The van der Waals surface area contributed by atoms with Crippen LogP contribution < -0.4 is 0 Å². The highest BCUT2D eigenvalue weighted by Gasteiger charge is 2.14. The van der Waals surface area contributed by atoms with Gasteiger partial charge in [0.1, 0.15) is 23.3 Å². The summed E-state index contributed by atoms with van der Waals surface area (Å²) in [4.78, 5) is 0. The lowest BCUT2D eigenvalue weighted by atomic mass is 9.95. The molecule has 4 heteroatoms. The Morgan fingerprint density at radius 1 is 0.471 bits per heavy atom. The second-order valence-corrected chi connectivity index (χ2v) is 8.51. The third kappa shape index (κ3) is 4.91. The van der Waals surface area contributed by atoms with Crippen molar-refractivity contribution < 1.29 is 17.6 Å². The summed E-state index contributed by atoms with van der Waals surface area (Å²) < 4.78 is 58.8. The molecule has 0 aromatic heterocycles. The second kappa shape index (κ2) is 10.3. The Morgan fingerprint density at radius 3 is 1.35 bits per heavy atom. The molecule has 4 rings (SSSR count). The van der Waals surface area contributed by atoms with Crippen molar-refractivity contribution in [2.45, 2.75) is 39.5 Å². The van der Waals surface area contributed by atoms with Crippen LogP contribution in [-0.4, -0.2) is 0 Å². The van der Waals surface area contributed by atoms with Gasteiger partial charge in [0, 0.05) is 16.7 Å². The lowest BCUT2D eigenvalue weighted by Gasteiger charge is -2.11. The molecule has 0 N–H and O–H groups in total. The summed E-state index contributed by atoms with van der Waals surface area (Å²) in [5.74, 6) is -1.90. The first-order valence-electron chi connectivity index (χ1n) is 11.6. The van der Waals surface area contributed by atoms with Crippen LogP contribution in [0.25, 0.3) is 33.4 Å². The Bertz CT molecular complexity index is 1320. The van der Waals surface area contributed by atoms with Crippen LogP contribution in [0.4, 0.5) is 17.6 Å². The van der Waals surface area contributed by atoms with E-state index in [2.05, 4.69) is 0 Å². The molecule has 0 aliphatic carbocycles. The quantitative estimate of drug-likeness (QED) is 0.240. The van der Waals surface area contributed by atoms with Crippen molar-refractivity contribution in [1.29, 1.82) is 0 Å². The van der Waals surface area contributed by atoms with Gasteiger partial charge in [0.25, 0.3) is 0 Å². The maximum atomic E-state index is 15.0. The smallest absolute Gasteiger partial charge is 0.131 e. The molecule has 0 fully saturated rings. The van der Waals surface area contributed by atoms with Crippen LogP contribution in [0.5, 0.6) is 0 Å². The van der Waals surface area contributed by atoms with Crippen molar-refractivity contribution >= 4 is 0 Å². The van der Waals surface area contributed by atoms with Crippen LogP contribution in [0, 0.1) is 23.3 Å². The Balaban J connectivity index is 1.63. The summed E-state index contributed by atoms with van der Waals surface area (Å²) in [6.07, 6.45) is 3.13. The third-order valence-electron chi connectivity index (χ3n) is 6.02. The summed E-state index contributed by atoms with van der Waals surface area (Å²) in [6.45, 7) is 3.99. The van der Waals surface area contributed by atoms with Gasteiger partial charge in [-0.2, -0.15) is 0 Å². The average Bonchev–Trinajstić information content (AvgIpc) is 2.81. The molecule has 0 atom stereocenters. The molecule has 0 aliphatic rings. The predicted molar refractivity (Wildman–Crippen MR) is 131 cm³/mol. The van der Waals surface area contributed by atoms with E-state index in [1.54, 1.807) is 30.3 Å². The van der Waals surface area contributed by atoms with Crippen LogP contribution in [0.1, 0.15) is 37.8 Å². The van der Waals surface area contributed by atoms with E-state index in [0.29, 0.717) is 34.2 Å². The SMILES string of the molecule is CCCc1ccc(-c2ccc(-c3ccc(-c4ccc(CCC)c(F)c4)c(F)c3)c(F)c2)c(F)c1. The zero-order valence-electron chi connectivity index (χ0n) is 19.3. The fraction of sp³-hybridized carbons (Fsp3) is 0.200. The van der Waals surface area contributed by atoms with Crippen LogP contribution in [0.15, 0.2) is 72.8 Å². The minimum atomic E-state index is -0.573. The molecular formula is C30H26F4. The molecule has 174 valence electrons. The molecule has 0 nitrogen and oxygen atoms in total. The molecule has 34 heavy (non-hydrogen) atoms. The monoisotopic (exact) mass is 462 g/mol. The lowest BCUT2D eigenvalue weighted by Crippen LogP contribution is -1.94. The highest BCUT2D eigenvalue weighted by Crippen LogP contribution is 2.33. The maximum absolute atomic E-state index is 15.0. The Labute approximate surface area is 197 Å². The summed E-state index contributed by atoms with van der Waals surface area (Å²) in [6, 6.07) is 18.5. The van der Waals surface area contributed by atoms with Gasteiger partial charge in [-0.15, -0.1) is 0 Å². The minimum absolute atomic E-state index is 0.210. The molecule has 4 aromatic rings. The third-order valence-corrected chi connectivity index (χ3v) is 6.02. The summed E-state index contributed by atoms with van der Waals surface area (Å²) in [5.41, 5.74) is 3.48. The van der Waals surface area contributed by atoms with E-state index in [-0.39, 0.29) is 16.9 Å². The lowest BCUT2D eigenvalue weighted by molar-refractivity contribution is 0.607. The van der Waals surface area contributed by atoms with Gasteiger partial charge in [-0.3, -0.25) is 0 Å². The molecule has 0 heterocycles. The number of aryl methyl sites for hydroxylation is 2. The summed E-state index contributed by atoms with van der Waals surface area (Å²) >= 11 is 0. The van der Waals surface area contributed by atoms with Crippen molar-refractivity contribution in [3.05, 3.63) is 107 Å². The zero-order valence-corrected chi connectivity index (χ0v) is 19.3. The van der Waals surface area contributed by atoms with Crippen LogP contribution in [0.2, 0.25) is 0 Å². The first kappa shape index (κ1) is 23.7. The van der Waals surface area contributed by atoms with Crippen LogP contribution in [0.3, 0.4) is 0 Å². The molecule has 0 saturated heterocycles. The van der Waals surface area contributed by atoms with Gasteiger partial charge in [0.05, 0.1) is 0 Å². The number of hydrogen-bond donors (Lipinski definition) is 0. The van der Waals surface area contributed by atoms with Crippen molar-refractivity contribution in [3.63, 3.8) is 0 Å². The molecule has 0 saturated carbocycles. The molecule has 0 radical (unpaired) electrons. The number of rotatable bonds is 7. The maximum Gasteiger partial charge on any atom is 0.131 e. The van der Waals surface area contributed by atoms with Gasteiger partial charge in [-0.25, -0.2) is 17.6 Å². The molecule has 4 aromatic carbocycles. The molecular weight excluding hydrogens is 436 g/mol. The van der Waals surface area contributed by atoms with E-state index in [1.807, 2.05) is 19.9 Å². The summed E-state index contributed by atoms with van der Waals surface area (Å²) in [7, 11) is 0. The van der Waals surface area contributed by atoms with E-state index >= 15 is 0 Å². The van der Waals surface area contributed by atoms with Gasteiger partial charge in [0.15, 0.2) is 0 Å². The average molecular weight is 463 g/mol. The van der Waals surface area contributed by atoms with Crippen molar-refractivity contribution in [3.8, 4) is 33.4 Å². The molecule has 0 amide bonds. The Hall–Kier alpha value is -3.40. The van der Waals surface area contributed by atoms with Gasteiger partial charge in [-0.1, -0.05) is 75.2 Å². The standard InChI is InChI=1S/C30H26F4/c1-3-5-19-7-12-24(28(32)15-19)22-10-14-26(30(34)17-22)23-11-13-25(29(33)18-23)21-9-8-20(6-4-2)27(31)16-21/h7-18H,3-6H2,1-2H3. The predicted octanol–water partition coefficient (Wildman–Crippen LogP) is 9.15. The first-order valence-corrected chi connectivity index (χ1v) is 11.6. The van der Waals surface area contributed by atoms with Crippen molar-refractivity contribution in [1.82, 2.24) is 0 Å². The van der Waals surface area contributed by atoms with E-state index in [1.165, 1.54) is 36.4 Å². The Morgan fingerprint density at radius 2 is 0.912 bits per heavy atom. The van der Waals surface area contributed by atoms with E-state index in [9.17, 15) is 17.6 Å². The Kier molecular flexibility index (Phi) is 7.16. The van der Waals surface area contributed by atoms with Crippen molar-refractivity contribution in [2.24, 2.45) is 0 Å². The zero-order chi connectivity index (χ0) is 24.2. The van der Waals surface area contributed by atoms with Gasteiger partial charge < -0.3 is 0 Å². The summed E-state index contributed by atoms with van der Waals surface area (Å²) in [5, 5.41) is 0. The number of hydrogen-bond acceptors (Lipinski definition) is 0. The van der Waals surface area contributed by atoms with Gasteiger partial charge in [0.2, 0.25) is 0 Å². The van der Waals surface area contributed by atoms with Crippen molar-refractivity contribution in [2.75, 3.05) is 0 Å². The highest BCUT2D eigenvalue weighted by molar-refractivity contribution is 5.74. The van der Waals surface area contributed by atoms with E-state index in [0.717, 1.165) is 24.8 Å². The number of halogens is 4. The molecule has 0 bridgehead atoms. The molecule has 0 spiro atoms. The van der Waals surface area contributed by atoms with Crippen LogP contribution >= 0.6 is 0 Å². The largest absolute Gasteiger partial charge is 0.207 e. The van der Waals surface area contributed by atoms with Gasteiger partial charge >= 0.3 is 0 Å². The van der Waals surface area contributed by atoms with Gasteiger partial charge in [-0.05, 0) is 64.9 Å². The van der Waals surface area contributed by atoms with Crippen LogP contribution in [-0.2, 0) is 12.8 Å². The minimum Gasteiger partial charge on any atom is -0.207 e. The fourth-order valence-electron chi connectivity index (χ4n) is 4.26. The topological polar surface area (TPSA) is 0 Å². The second-order valence-electron chi connectivity index (χ2n) is 8.51. The fourth-order valence-corrected chi connectivity index (χ4v) is 4.26. The molecule has 0 aliphatic heterocycles. The molecule has 0 unspecified atom stereocenters. The highest BCUT2D eigenvalue weighted by atomic mass is 19.1. The van der Waals surface area contributed by atoms with E-state index < -0.39 is 17.5 Å². The normalized spacial score (nSPS) is 11.1. The van der Waals surface area contributed by atoms with E-state index in [4.69, 9.17) is 0 Å². The number of benzene rings is 4.